The summed E-state index contributed by atoms with van der Waals surface area (Å²) in [5, 5.41) is 20.7. The van der Waals surface area contributed by atoms with Gasteiger partial charge in [-0.1, -0.05) is 15.9 Å². The number of morpholine rings is 1. The Kier molecular flexibility index (Phi) is 4.15. The van der Waals surface area contributed by atoms with Gasteiger partial charge in [0.1, 0.15) is 0 Å². The van der Waals surface area contributed by atoms with E-state index in [9.17, 15) is 15.2 Å². The van der Waals surface area contributed by atoms with Crippen LogP contribution in [0.15, 0.2) is 16.6 Å². The fourth-order valence-electron chi connectivity index (χ4n) is 1.90. The van der Waals surface area contributed by atoms with E-state index >= 15 is 0 Å². The lowest BCUT2D eigenvalue weighted by atomic mass is 10.1. The molecule has 0 radical (unpaired) electrons. The number of hydrogen-bond donors (Lipinski definition) is 1. The Labute approximate surface area is 112 Å². The molecule has 2 rings (SSSR count). The molecule has 1 aliphatic rings. The number of nitro benzene ring substituents is 1. The average Bonchev–Trinajstić information content (AvgIpc) is 2.34. The van der Waals surface area contributed by atoms with E-state index in [1.165, 1.54) is 6.07 Å². The zero-order valence-corrected chi connectivity index (χ0v) is 11.2. The van der Waals surface area contributed by atoms with E-state index in [4.69, 9.17) is 4.74 Å². The molecule has 0 aliphatic carbocycles. The summed E-state index contributed by atoms with van der Waals surface area (Å²) in [6.07, 6.45) is 0. The standard InChI is InChI=1S/C11H13BrN2O4/c12-9-5-8(7-13-1-3-18-4-2-13)11(15)10(6-9)14(16)17/h5-6,15H,1-4,7H2. The van der Waals surface area contributed by atoms with Crippen LogP contribution in [0.3, 0.4) is 0 Å². The third kappa shape index (κ3) is 2.98. The molecule has 1 heterocycles. The van der Waals surface area contributed by atoms with Gasteiger partial charge in [-0.2, -0.15) is 0 Å². The Morgan fingerprint density at radius 2 is 2.11 bits per heavy atom. The molecule has 6 nitrogen and oxygen atoms in total. The Hall–Kier alpha value is -1.18. The summed E-state index contributed by atoms with van der Waals surface area (Å²) in [6, 6.07) is 3.01. The number of phenols is 1. The normalized spacial score (nSPS) is 16.7. The van der Waals surface area contributed by atoms with Gasteiger partial charge in [0.25, 0.3) is 0 Å². The molecule has 0 spiro atoms. The zero-order valence-electron chi connectivity index (χ0n) is 9.63. The fourth-order valence-corrected chi connectivity index (χ4v) is 2.39. The molecule has 0 bridgehead atoms. The zero-order chi connectivity index (χ0) is 13.1. The fraction of sp³-hybridized carbons (Fsp3) is 0.455. The summed E-state index contributed by atoms with van der Waals surface area (Å²) in [6.45, 7) is 3.31. The quantitative estimate of drug-likeness (QED) is 0.680. The molecule has 0 atom stereocenters. The van der Waals surface area contributed by atoms with Crippen molar-refractivity contribution in [3.63, 3.8) is 0 Å². The molecule has 98 valence electrons. The summed E-state index contributed by atoms with van der Waals surface area (Å²) in [5.41, 5.74) is 0.283. The van der Waals surface area contributed by atoms with Crippen molar-refractivity contribution in [2.24, 2.45) is 0 Å². The second-order valence-electron chi connectivity index (χ2n) is 4.08. The molecule has 1 aliphatic heterocycles. The van der Waals surface area contributed by atoms with E-state index in [1.807, 2.05) is 0 Å². The predicted octanol–water partition coefficient (Wildman–Crippen LogP) is 1.90. The van der Waals surface area contributed by atoms with Crippen molar-refractivity contribution in [3.05, 3.63) is 32.3 Å². The van der Waals surface area contributed by atoms with E-state index in [-0.39, 0.29) is 11.4 Å². The van der Waals surface area contributed by atoms with Crippen LogP contribution in [-0.4, -0.2) is 41.2 Å². The highest BCUT2D eigenvalue weighted by atomic mass is 79.9. The number of nitrogens with zero attached hydrogens (tertiary/aromatic N) is 2. The van der Waals surface area contributed by atoms with Crippen LogP contribution in [0.25, 0.3) is 0 Å². The lowest BCUT2D eigenvalue weighted by Gasteiger charge is -2.26. The summed E-state index contributed by atoms with van der Waals surface area (Å²) in [7, 11) is 0. The molecule has 0 amide bonds. The first-order chi connectivity index (χ1) is 8.58. The Morgan fingerprint density at radius 1 is 1.44 bits per heavy atom. The lowest BCUT2D eigenvalue weighted by molar-refractivity contribution is -0.386. The lowest BCUT2D eigenvalue weighted by Crippen LogP contribution is -2.35. The van der Waals surface area contributed by atoms with Crippen LogP contribution in [0, 0.1) is 10.1 Å². The van der Waals surface area contributed by atoms with E-state index in [1.54, 1.807) is 6.07 Å². The minimum atomic E-state index is -0.580. The van der Waals surface area contributed by atoms with Crippen molar-refractivity contribution in [1.82, 2.24) is 4.90 Å². The smallest absolute Gasteiger partial charge is 0.312 e. The first-order valence-electron chi connectivity index (χ1n) is 5.54. The van der Waals surface area contributed by atoms with Crippen molar-refractivity contribution in [3.8, 4) is 5.75 Å². The summed E-state index contributed by atoms with van der Waals surface area (Å²) >= 11 is 3.22. The highest BCUT2D eigenvalue weighted by molar-refractivity contribution is 9.10. The first kappa shape index (κ1) is 13.3. The number of halogens is 1. The molecule has 1 fully saturated rings. The van der Waals surface area contributed by atoms with Crippen molar-refractivity contribution >= 4 is 21.6 Å². The summed E-state index contributed by atoms with van der Waals surface area (Å²) in [4.78, 5) is 12.3. The van der Waals surface area contributed by atoms with Gasteiger partial charge in [0.2, 0.25) is 0 Å². The Balaban J connectivity index is 2.23. The third-order valence-corrected chi connectivity index (χ3v) is 3.29. The number of benzene rings is 1. The van der Waals surface area contributed by atoms with Gasteiger partial charge in [-0.05, 0) is 6.07 Å². The highest BCUT2D eigenvalue weighted by Gasteiger charge is 2.20. The largest absolute Gasteiger partial charge is 0.502 e. The van der Waals surface area contributed by atoms with Crippen molar-refractivity contribution in [1.29, 1.82) is 0 Å². The predicted molar refractivity (Wildman–Crippen MR) is 68.6 cm³/mol. The van der Waals surface area contributed by atoms with Crippen molar-refractivity contribution in [2.75, 3.05) is 26.3 Å². The van der Waals surface area contributed by atoms with Crippen LogP contribution < -0.4 is 0 Å². The van der Waals surface area contributed by atoms with Gasteiger partial charge in [-0.15, -0.1) is 0 Å². The van der Waals surface area contributed by atoms with E-state index in [0.29, 0.717) is 29.8 Å². The number of nitro groups is 1. The highest BCUT2D eigenvalue weighted by Crippen LogP contribution is 2.34. The SMILES string of the molecule is O=[N+]([O-])c1cc(Br)cc(CN2CCOCC2)c1O. The number of aromatic hydroxyl groups is 1. The van der Waals surface area contributed by atoms with E-state index in [0.717, 1.165) is 13.1 Å². The van der Waals surface area contributed by atoms with Gasteiger partial charge in [-0.3, -0.25) is 15.0 Å². The summed E-state index contributed by atoms with van der Waals surface area (Å²) in [5.74, 6) is -0.255. The number of phenolic OH excluding ortho intramolecular Hbond substituents is 1. The topological polar surface area (TPSA) is 75.8 Å². The molecule has 1 aromatic carbocycles. The molecule has 7 heteroatoms. The van der Waals surface area contributed by atoms with Crippen molar-refractivity contribution < 1.29 is 14.8 Å². The maximum Gasteiger partial charge on any atom is 0.312 e. The molecule has 1 aromatic rings. The molecule has 1 saturated heterocycles. The number of ether oxygens (including phenoxy) is 1. The van der Waals surface area contributed by atoms with Crippen molar-refractivity contribution in [2.45, 2.75) is 6.54 Å². The van der Waals surface area contributed by atoms with Crippen LogP contribution in [0.1, 0.15) is 5.56 Å². The maximum absolute atomic E-state index is 10.8. The van der Waals surface area contributed by atoms with E-state index < -0.39 is 4.92 Å². The second-order valence-corrected chi connectivity index (χ2v) is 4.99. The number of rotatable bonds is 3. The monoisotopic (exact) mass is 316 g/mol. The Morgan fingerprint density at radius 3 is 2.72 bits per heavy atom. The van der Waals surface area contributed by atoms with Gasteiger partial charge in [0, 0.05) is 35.7 Å². The van der Waals surface area contributed by atoms with Gasteiger partial charge < -0.3 is 9.84 Å². The van der Waals surface area contributed by atoms with Gasteiger partial charge >= 0.3 is 5.69 Å². The van der Waals surface area contributed by atoms with Crippen LogP contribution in [0.2, 0.25) is 0 Å². The van der Waals surface area contributed by atoms with E-state index in [2.05, 4.69) is 20.8 Å². The molecule has 18 heavy (non-hydrogen) atoms. The van der Waals surface area contributed by atoms with Crippen LogP contribution in [0.4, 0.5) is 5.69 Å². The maximum atomic E-state index is 10.8. The first-order valence-corrected chi connectivity index (χ1v) is 6.33. The Bertz CT molecular complexity index is 461. The molecule has 0 unspecified atom stereocenters. The molecule has 0 saturated carbocycles. The third-order valence-electron chi connectivity index (χ3n) is 2.83. The minimum Gasteiger partial charge on any atom is -0.502 e. The van der Waals surface area contributed by atoms with Crippen LogP contribution in [-0.2, 0) is 11.3 Å². The van der Waals surface area contributed by atoms with Gasteiger partial charge in [0.05, 0.1) is 18.1 Å². The molecule has 0 aromatic heterocycles. The molecular weight excluding hydrogens is 304 g/mol. The van der Waals surface area contributed by atoms with Crippen LogP contribution >= 0.6 is 15.9 Å². The average molecular weight is 317 g/mol. The molecule has 1 N–H and O–H groups in total. The second kappa shape index (κ2) is 5.64. The number of hydrogen-bond acceptors (Lipinski definition) is 5. The summed E-state index contributed by atoms with van der Waals surface area (Å²) < 4.78 is 5.82. The minimum absolute atomic E-state index is 0.255. The van der Waals surface area contributed by atoms with Gasteiger partial charge in [0.15, 0.2) is 5.75 Å². The van der Waals surface area contributed by atoms with Gasteiger partial charge in [-0.25, -0.2) is 0 Å². The van der Waals surface area contributed by atoms with Crippen LogP contribution in [0.5, 0.6) is 5.75 Å². The molecular formula is C11H13BrN2O4.